The zero-order valence-corrected chi connectivity index (χ0v) is 33.7. The van der Waals surface area contributed by atoms with E-state index in [9.17, 15) is 0 Å². The molecule has 0 atom stereocenters. The van der Waals surface area contributed by atoms with Gasteiger partial charge < -0.3 is 23.7 Å². The minimum absolute atomic E-state index is 0.192. The van der Waals surface area contributed by atoms with Gasteiger partial charge in [-0.3, -0.25) is 0 Å². The van der Waals surface area contributed by atoms with Crippen molar-refractivity contribution in [2.24, 2.45) is 0 Å². The van der Waals surface area contributed by atoms with Crippen LogP contribution in [0, 0.1) is 34.6 Å². The zero-order valence-electron chi connectivity index (χ0n) is 33.7. The average molecular weight is 765 g/mol. The number of nitrogens with zero attached hydrogens (tertiary/aromatic N) is 2. The molecule has 0 unspecified atom stereocenters. The molecule has 0 spiro atoms. The number of para-hydroxylation sites is 1. The van der Waals surface area contributed by atoms with E-state index in [1.54, 1.807) is 0 Å². The molecule has 59 heavy (non-hydrogen) atoms. The minimum Gasteiger partial charge on any atom is -0.458 e. The van der Waals surface area contributed by atoms with Gasteiger partial charge in [0.1, 0.15) is 39.9 Å². The van der Waals surface area contributed by atoms with Gasteiger partial charge in [0.2, 0.25) is 0 Å². The van der Waals surface area contributed by atoms with Gasteiger partial charge in [-0.25, -0.2) is 0 Å². The second-order valence-electron chi connectivity index (χ2n) is 16.2. The molecule has 2 aliphatic heterocycles. The molecule has 284 valence electrons. The average Bonchev–Trinajstić information content (AvgIpc) is 3.62. The van der Waals surface area contributed by atoms with Gasteiger partial charge in [0, 0.05) is 45.7 Å². The lowest BCUT2D eigenvalue weighted by Gasteiger charge is -2.37. The van der Waals surface area contributed by atoms with Crippen molar-refractivity contribution in [1.82, 2.24) is 0 Å². The van der Waals surface area contributed by atoms with Gasteiger partial charge in [-0.1, -0.05) is 107 Å². The fourth-order valence-electron chi connectivity index (χ4n) is 8.90. The fraction of sp³-hybridized carbons (Fsp3) is 0.0943. The molecule has 8 aromatic carbocycles. The van der Waals surface area contributed by atoms with E-state index in [2.05, 4.69) is 196 Å². The van der Waals surface area contributed by atoms with Crippen LogP contribution in [0.3, 0.4) is 0 Å². The maximum atomic E-state index is 7.51. The lowest BCUT2D eigenvalue weighted by atomic mass is 9.34. The highest BCUT2D eigenvalue weighted by Gasteiger charge is 2.43. The van der Waals surface area contributed by atoms with Crippen molar-refractivity contribution in [3.05, 3.63) is 186 Å². The largest absolute Gasteiger partial charge is 0.458 e. The number of hydrogen-bond donors (Lipinski definition) is 0. The Labute approximate surface area is 344 Å². The standard InChI is InChI=1S/C53H41BN2O3/c1-32-10-19-37(20-11-32)55(38-21-12-33(2)13-22-38)41-29-48-51-49(30-41)59-53-44(54(51)43-28-36(5)18-27-46(43)58-48)31-47-50(42-8-6-7-9-45(42)57-47)52(53)56(39-23-14-34(3)15-24-39)40-25-16-35(4)17-26-40/h6-31H,1-5H3. The summed E-state index contributed by atoms with van der Waals surface area (Å²) in [5.41, 5.74) is 16.7. The van der Waals surface area contributed by atoms with Gasteiger partial charge in [0.05, 0.1) is 11.1 Å². The predicted molar refractivity (Wildman–Crippen MR) is 244 cm³/mol. The summed E-state index contributed by atoms with van der Waals surface area (Å²) in [4.78, 5) is 4.63. The summed E-state index contributed by atoms with van der Waals surface area (Å²) in [5, 5.41) is 2.03. The molecule has 11 rings (SSSR count). The molecule has 0 saturated heterocycles. The van der Waals surface area contributed by atoms with E-state index in [0.717, 1.165) is 101 Å². The third kappa shape index (κ3) is 5.78. The highest BCUT2D eigenvalue weighted by atomic mass is 16.5. The lowest BCUT2D eigenvalue weighted by Crippen LogP contribution is -2.57. The Morgan fingerprint density at radius 3 is 1.49 bits per heavy atom. The van der Waals surface area contributed by atoms with Gasteiger partial charge in [0.15, 0.2) is 0 Å². The summed E-state index contributed by atoms with van der Waals surface area (Å²) in [6.07, 6.45) is 0. The Bertz CT molecular complexity index is 3010. The van der Waals surface area contributed by atoms with Crippen molar-refractivity contribution < 1.29 is 13.9 Å². The number of aryl methyl sites for hydroxylation is 5. The van der Waals surface area contributed by atoms with Crippen molar-refractivity contribution >= 4 is 79.2 Å². The van der Waals surface area contributed by atoms with Crippen molar-refractivity contribution in [3.8, 4) is 23.0 Å². The number of anilines is 6. The van der Waals surface area contributed by atoms with Gasteiger partial charge in [-0.2, -0.15) is 0 Å². The quantitative estimate of drug-likeness (QED) is 0.158. The highest BCUT2D eigenvalue weighted by Crippen LogP contribution is 2.51. The molecule has 0 amide bonds. The van der Waals surface area contributed by atoms with Gasteiger partial charge >= 0.3 is 0 Å². The zero-order chi connectivity index (χ0) is 39.9. The van der Waals surface area contributed by atoms with Crippen molar-refractivity contribution in [2.45, 2.75) is 34.6 Å². The monoisotopic (exact) mass is 764 g/mol. The van der Waals surface area contributed by atoms with E-state index >= 15 is 0 Å². The molecule has 0 saturated carbocycles. The normalized spacial score (nSPS) is 12.4. The van der Waals surface area contributed by atoms with E-state index < -0.39 is 0 Å². The number of ether oxygens (including phenoxy) is 2. The first-order valence-electron chi connectivity index (χ1n) is 20.3. The number of benzene rings is 8. The first-order valence-corrected chi connectivity index (χ1v) is 20.3. The van der Waals surface area contributed by atoms with E-state index in [-0.39, 0.29) is 6.71 Å². The van der Waals surface area contributed by atoms with Crippen molar-refractivity contribution in [2.75, 3.05) is 9.80 Å². The van der Waals surface area contributed by atoms with E-state index in [0.29, 0.717) is 0 Å². The molecule has 0 radical (unpaired) electrons. The number of fused-ring (bicyclic) bond motifs is 7. The molecule has 0 aliphatic carbocycles. The molecular weight excluding hydrogens is 723 g/mol. The molecule has 0 bridgehead atoms. The first-order chi connectivity index (χ1) is 28.8. The Kier molecular flexibility index (Phi) is 7.99. The summed E-state index contributed by atoms with van der Waals surface area (Å²) < 4.78 is 21.2. The smallest absolute Gasteiger partial charge is 0.260 e. The van der Waals surface area contributed by atoms with Crippen LogP contribution in [0.5, 0.6) is 23.0 Å². The van der Waals surface area contributed by atoms with Crippen LogP contribution in [0.25, 0.3) is 21.9 Å². The van der Waals surface area contributed by atoms with Crippen LogP contribution < -0.4 is 35.7 Å². The van der Waals surface area contributed by atoms with Crippen LogP contribution in [0.15, 0.2) is 162 Å². The maximum absolute atomic E-state index is 7.51. The molecule has 2 aliphatic rings. The summed E-state index contributed by atoms with van der Waals surface area (Å²) in [7, 11) is 0. The number of rotatable bonds is 6. The Morgan fingerprint density at radius 2 is 0.915 bits per heavy atom. The molecule has 9 aromatic rings. The molecule has 6 heteroatoms. The maximum Gasteiger partial charge on any atom is 0.260 e. The molecular formula is C53H41BN2O3. The first kappa shape index (κ1) is 35.0. The summed E-state index contributed by atoms with van der Waals surface area (Å²) >= 11 is 0. The predicted octanol–water partition coefficient (Wildman–Crippen LogP) is 12.8. The number of hydrogen-bond acceptors (Lipinski definition) is 5. The summed E-state index contributed by atoms with van der Waals surface area (Å²) in [5.74, 6) is 3.15. The van der Waals surface area contributed by atoms with Crippen LogP contribution >= 0.6 is 0 Å². The molecule has 3 heterocycles. The van der Waals surface area contributed by atoms with Gasteiger partial charge in [-0.15, -0.1) is 0 Å². The third-order valence-corrected chi connectivity index (χ3v) is 11.9. The lowest BCUT2D eigenvalue weighted by molar-refractivity contribution is 0.465. The van der Waals surface area contributed by atoms with Crippen LogP contribution in [-0.2, 0) is 0 Å². The van der Waals surface area contributed by atoms with E-state index in [1.165, 1.54) is 22.3 Å². The highest BCUT2D eigenvalue weighted by molar-refractivity contribution is 6.98. The Morgan fingerprint density at radius 1 is 0.407 bits per heavy atom. The van der Waals surface area contributed by atoms with Crippen molar-refractivity contribution in [3.63, 3.8) is 0 Å². The van der Waals surface area contributed by atoms with Crippen LogP contribution in [0.4, 0.5) is 34.1 Å². The second-order valence-corrected chi connectivity index (χ2v) is 16.2. The van der Waals surface area contributed by atoms with Gasteiger partial charge in [0.25, 0.3) is 6.71 Å². The molecule has 5 nitrogen and oxygen atoms in total. The SMILES string of the molecule is Cc1ccc(N(c2ccc(C)cc2)c2cc3c4c(c2)Oc2c(cc5oc6ccccc6c5c2N(c2ccc(C)cc2)c2ccc(C)cc2)B4c2cc(C)ccc2O3)cc1. The fourth-order valence-corrected chi connectivity index (χ4v) is 8.90. The molecule has 1 aromatic heterocycles. The molecule has 0 fully saturated rings. The van der Waals surface area contributed by atoms with E-state index in [1.807, 2.05) is 6.07 Å². The van der Waals surface area contributed by atoms with E-state index in [4.69, 9.17) is 13.9 Å². The third-order valence-electron chi connectivity index (χ3n) is 11.9. The Hall–Kier alpha value is -7.18. The van der Waals surface area contributed by atoms with Crippen LogP contribution in [0.2, 0.25) is 0 Å². The summed E-state index contributed by atoms with van der Waals surface area (Å²) in [6, 6.07) is 56.3. The van der Waals surface area contributed by atoms with Gasteiger partial charge in [-0.05, 0) is 112 Å². The van der Waals surface area contributed by atoms with Crippen LogP contribution in [0.1, 0.15) is 27.8 Å². The number of furan rings is 1. The second kappa shape index (κ2) is 13.5. The van der Waals surface area contributed by atoms with Crippen molar-refractivity contribution in [1.29, 1.82) is 0 Å². The minimum atomic E-state index is -0.192. The summed E-state index contributed by atoms with van der Waals surface area (Å²) in [6.45, 7) is 10.4. The van der Waals surface area contributed by atoms with Crippen LogP contribution in [-0.4, -0.2) is 6.71 Å². The topological polar surface area (TPSA) is 38.1 Å². The molecule has 0 N–H and O–H groups in total. The Balaban J connectivity index is 1.23.